The van der Waals surface area contributed by atoms with Crippen molar-refractivity contribution in [1.82, 2.24) is 10.2 Å². The number of methoxy groups -OCH3 is 1. The molecular weight excluding hydrogens is 296 g/mol. The lowest BCUT2D eigenvalue weighted by atomic mass is 10.2. The summed E-state index contributed by atoms with van der Waals surface area (Å²) in [6, 6.07) is 15.5. The molecule has 110 valence electrons. The monoisotopic (exact) mass is 310 g/mol. The number of rotatable bonds is 4. The zero-order valence-corrected chi connectivity index (χ0v) is 12.7. The van der Waals surface area contributed by atoms with E-state index >= 15 is 0 Å². The maximum atomic E-state index is 5.62. The Morgan fingerprint density at radius 3 is 2.77 bits per heavy atom. The molecule has 0 aliphatic rings. The van der Waals surface area contributed by atoms with E-state index in [0.29, 0.717) is 5.13 Å². The standard InChI is InChI=1S/C16H14N4OS/c1-21-14-8-3-2-5-12(14)10-18-13-7-4-6-11(9-13)15-19-20-16(17)22-15/h2-10H,1H3,(H2,17,20). The van der Waals surface area contributed by atoms with Gasteiger partial charge in [-0.05, 0) is 24.3 Å². The smallest absolute Gasteiger partial charge is 0.203 e. The molecule has 0 aliphatic heterocycles. The Morgan fingerprint density at radius 2 is 2.00 bits per heavy atom. The van der Waals surface area contributed by atoms with Crippen molar-refractivity contribution < 1.29 is 4.74 Å². The molecule has 22 heavy (non-hydrogen) atoms. The minimum Gasteiger partial charge on any atom is -0.496 e. The average molecular weight is 310 g/mol. The van der Waals surface area contributed by atoms with Crippen LogP contribution in [0.25, 0.3) is 10.6 Å². The van der Waals surface area contributed by atoms with Crippen LogP contribution in [0.1, 0.15) is 5.56 Å². The molecule has 0 aliphatic carbocycles. The van der Waals surface area contributed by atoms with Crippen molar-refractivity contribution in [2.45, 2.75) is 0 Å². The molecule has 0 fully saturated rings. The minimum absolute atomic E-state index is 0.456. The van der Waals surface area contributed by atoms with Gasteiger partial charge in [0.25, 0.3) is 0 Å². The van der Waals surface area contributed by atoms with Crippen LogP contribution in [0.3, 0.4) is 0 Å². The van der Waals surface area contributed by atoms with Crippen LogP contribution >= 0.6 is 11.3 Å². The Bertz CT molecular complexity index is 813. The summed E-state index contributed by atoms with van der Waals surface area (Å²) in [5, 5.41) is 9.12. The van der Waals surface area contributed by atoms with E-state index in [4.69, 9.17) is 10.5 Å². The molecule has 0 unspecified atom stereocenters. The van der Waals surface area contributed by atoms with Crippen molar-refractivity contribution in [2.75, 3.05) is 12.8 Å². The van der Waals surface area contributed by atoms with Gasteiger partial charge in [0.2, 0.25) is 5.13 Å². The third-order valence-corrected chi connectivity index (χ3v) is 3.83. The first-order valence-electron chi connectivity index (χ1n) is 6.63. The molecule has 2 aromatic carbocycles. The van der Waals surface area contributed by atoms with Crippen LogP contribution in [0.5, 0.6) is 5.75 Å². The predicted octanol–water partition coefficient (Wildman–Crippen LogP) is 3.55. The molecule has 3 rings (SSSR count). The first-order valence-corrected chi connectivity index (χ1v) is 7.44. The second-order valence-corrected chi connectivity index (χ2v) is 5.51. The second-order valence-electron chi connectivity index (χ2n) is 4.50. The van der Waals surface area contributed by atoms with Gasteiger partial charge >= 0.3 is 0 Å². The molecule has 5 nitrogen and oxygen atoms in total. The zero-order valence-electron chi connectivity index (χ0n) is 11.9. The summed E-state index contributed by atoms with van der Waals surface area (Å²) in [4.78, 5) is 4.50. The molecule has 0 saturated heterocycles. The third kappa shape index (κ3) is 3.12. The molecule has 0 spiro atoms. The fraction of sp³-hybridized carbons (Fsp3) is 0.0625. The summed E-state index contributed by atoms with van der Waals surface area (Å²) in [5.41, 5.74) is 8.33. The number of anilines is 1. The van der Waals surface area contributed by atoms with Gasteiger partial charge in [0, 0.05) is 17.3 Å². The third-order valence-electron chi connectivity index (χ3n) is 3.03. The Balaban J connectivity index is 1.88. The summed E-state index contributed by atoms with van der Waals surface area (Å²) in [6.45, 7) is 0. The summed E-state index contributed by atoms with van der Waals surface area (Å²) < 4.78 is 5.31. The van der Waals surface area contributed by atoms with Crippen molar-refractivity contribution in [3.63, 3.8) is 0 Å². The Hall–Kier alpha value is -2.73. The van der Waals surface area contributed by atoms with E-state index in [0.717, 1.165) is 27.6 Å². The van der Waals surface area contributed by atoms with Crippen LogP contribution < -0.4 is 10.5 Å². The van der Waals surface area contributed by atoms with Crippen molar-refractivity contribution in [3.05, 3.63) is 54.1 Å². The topological polar surface area (TPSA) is 73.4 Å². The van der Waals surface area contributed by atoms with Crippen molar-refractivity contribution >= 4 is 28.4 Å². The minimum atomic E-state index is 0.456. The Labute approximate surface area is 132 Å². The van der Waals surface area contributed by atoms with Gasteiger partial charge < -0.3 is 10.5 Å². The first kappa shape index (κ1) is 14.2. The molecule has 0 radical (unpaired) electrons. The molecule has 0 bridgehead atoms. The number of nitrogens with zero attached hydrogens (tertiary/aromatic N) is 3. The Kier molecular flexibility index (Phi) is 4.11. The van der Waals surface area contributed by atoms with Crippen LogP contribution in [0, 0.1) is 0 Å². The largest absolute Gasteiger partial charge is 0.496 e. The lowest BCUT2D eigenvalue weighted by molar-refractivity contribution is 0.414. The fourth-order valence-electron chi connectivity index (χ4n) is 1.99. The first-order chi connectivity index (χ1) is 10.8. The highest BCUT2D eigenvalue weighted by molar-refractivity contribution is 7.18. The van der Waals surface area contributed by atoms with E-state index in [9.17, 15) is 0 Å². The highest BCUT2D eigenvalue weighted by Crippen LogP contribution is 2.27. The summed E-state index contributed by atoms with van der Waals surface area (Å²) in [7, 11) is 1.65. The molecule has 2 N–H and O–H groups in total. The number of ether oxygens (including phenoxy) is 1. The molecule has 3 aromatic rings. The van der Waals surface area contributed by atoms with Crippen molar-refractivity contribution in [3.8, 4) is 16.3 Å². The number of hydrogen-bond donors (Lipinski definition) is 1. The normalized spacial score (nSPS) is 11.0. The van der Waals surface area contributed by atoms with E-state index < -0.39 is 0 Å². The van der Waals surface area contributed by atoms with Gasteiger partial charge in [0.1, 0.15) is 10.8 Å². The van der Waals surface area contributed by atoms with E-state index in [1.807, 2.05) is 48.5 Å². The number of nitrogens with two attached hydrogens (primary N) is 1. The van der Waals surface area contributed by atoms with Gasteiger partial charge in [-0.2, -0.15) is 0 Å². The summed E-state index contributed by atoms with van der Waals surface area (Å²) in [6.07, 6.45) is 1.78. The van der Waals surface area contributed by atoms with Gasteiger partial charge in [-0.25, -0.2) is 0 Å². The molecular formula is C16H14N4OS. The lowest BCUT2D eigenvalue weighted by Gasteiger charge is -2.03. The number of hydrogen-bond acceptors (Lipinski definition) is 6. The fourth-order valence-corrected chi connectivity index (χ4v) is 2.59. The number of benzene rings is 2. The maximum absolute atomic E-state index is 5.62. The van der Waals surface area contributed by atoms with Gasteiger partial charge in [-0.1, -0.05) is 35.6 Å². The lowest BCUT2D eigenvalue weighted by Crippen LogP contribution is -1.89. The summed E-state index contributed by atoms with van der Waals surface area (Å²) in [5.74, 6) is 0.791. The molecule has 6 heteroatoms. The van der Waals surface area contributed by atoms with Crippen molar-refractivity contribution in [1.29, 1.82) is 0 Å². The highest BCUT2D eigenvalue weighted by atomic mass is 32.1. The highest BCUT2D eigenvalue weighted by Gasteiger charge is 2.05. The molecule has 0 atom stereocenters. The van der Waals surface area contributed by atoms with Crippen LogP contribution in [0.4, 0.5) is 10.8 Å². The number of para-hydroxylation sites is 1. The number of aliphatic imine (C=N–C) groups is 1. The van der Waals surface area contributed by atoms with Gasteiger partial charge in [-0.3, -0.25) is 4.99 Å². The number of nitrogen functional groups attached to an aromatic ring is 1. The van der Waals surface area contributed by atoms with Crippen LogP contribution in [-0.4, -0.2) is 23.5 Å². The summed E-state index contributed by atoms with van der Waals surface area (Å²) >= 11 is 1.35. The van der Waals surface area contributed by atoms with E-state index in [2.05, 4.69) is 15.2 Å². The zero-order chi connectivity index (χ0) is 15.4. The predicted molar refractivity (Wildman–Crippen MR) is 90.0 cm³/mol. The van der Waals surface area contributed by atoms with Crippen LogP contribution in [0.2, 0.25) is 0 Å². The van der Waals surface area contributed by atoms with E-state index in [1.165, 1.54) is 11.3 Å². The molecule has 1 aromatic heterocycles. The molecule has 0 amide bonds. The van der Waals surface area contributed by atoms with E-state index in [-0.39, 0.29) is 0 Å². The Morgan fingerprint density at radius 1 is 1.14 bits per heavy atom. The van der Waals surface area contributed by atoms with Crippen LogP contribution in [-0.2, 0) is 0 Å². The van der Waals surface area contributed by atoms with Gasteiger partial charge in [0.15, 0.2) is 0 Å². The number of aromatic nitrogens is 2. The molecule has 1 heterocycles. The molecule has 0 saturated carbocycles. The second kappa shape index (κ2) is 6.36. The van der Waals surface area contributed by atoms with Crippen molar-refractivity contribution in [2.24, 2.45) is 4.99 Å². The maximum Gasteiger partial charge on any atom is 0.203 e. The SMILES string of the molecule is COc1ccccc1C=Nc1cccc(-c2nnc(N)s2)c1. The average Bonchev–Trinajstić information content (AvgIpc) is 3.00. The quantitative estimate of drug-likeness (QED) is 0.748. The van der Waals surface area contributed by atoms with Crippen LogP contribution in [0.15, 0.2) is 53.5 Å². The van der Waals surface area contributed by atoms with Gasteiger partial charge in [0.05, 0.1) is 12.8 Å². The van der Waals surface area contributed by atoms with E-state index in [1.54, 1.807) is 13.3 Å². The van der Waals surface area contributed by atoms with Gasteiger partial charge in [-0.15, -0.1) is 10.2 Å².